The SMILES string of the molecule is CC/C=C\C/C=C\C/C=C\C/C=C\CCCCCCCCC(=O)OCC(COC(=O)CCCCC/C=C\C=C/CCCCCCCCC)OC(=O)CCCCC/C=C\C/C=C\C/C=C\C/C=C\CC. The Morgan fingerprint density at radius 3 is 0.986 bits per heavy atom. The summed E-state index contributed by atoms with van der Waals surface area (Å²) in [5.41, 5.74) is 0. The van der Waals surface area contributed by atoms with Gasteiger partial charge in [-0.3, -0.25) is 14.4 Å². The van der Waals surface area contributed by atoms with Crippen molar-refractivity contribution in [2.75, 3.05) is 13.2 Å². The Hall–Kier alpha value is -4.19. The zero-order valence-corrected chi connectivity index (χ0v) is 44.5. The summed E-state index contributed by atoms with van der Waals surface area (Å²) in [6.45, 7) is 6.34. The number of hydrogen-bond acceptors (Lipinski definition) is 6. The van der Waals surface area contributed by atoms with Crippen molar-refractivity contribution in [3.8, 4) is 0 Å². The van der Waals surface area contributed by atoms with Gasteiger partial charge in [0, 0.05) is 19.3 Å². The largest absolute Gasteiger partial charge is 0.462 e. The highest BCUT2D eigenvalue weighted by Crippen LogP contribution is 2.13. The normalized spacial score (nSPS) is 13.0. The van der Waals surface area contributed by atoms with Gasteiger partial charge in [-0.25, -0.2) is 0 Å². The van der Waals surface area contributed by atoms with Crippen molar-refractivity contribution in [1.29, 1.82) is 0 Å². The van der Waals surface area contributed by atoms with Crippen LogP contribution in [0.25, 0.3) is 0 Å². The molecule has 0 saturated carbocycles. The van der Waals surface area contributed by atoms with Gasteiger partial charge in [0.15, 0.2) is 6.10 Å². The summed E-state index contributed by atoms with van der Waals surface area (Å²) in [5, 5.41) is 0. The maximum absolute atomic E-state index is 12.8. The minimum absolute atomic E-state index is 0.110. The molecule has 0 rings (SSSR count). The van der Waals surface area contributed by atoms with Crippen LogP contribution >= 0.6 is 0 Å². The standard InChI is InChI=1S/C63H102O6/c1-4-7-10-13-16-19-22-25-28-31-32-33-36-38-41-44-47-50-53-56-62(65)68-59-60(69-63(66)57-54-51-48-45-42-39-35-30-27-24-21-18-15-12-9-6-3)58-67-61(64)55-52-49-46-43-40-37-34-29-26-23-20-17-14-11-8-5-2/h7,9-10,12,16,18-19,21,25,27-30,32-34,37,39-40,42,60H,4-6,8,11,13-15,17,20,22-24,26,31,35-36,38,41,43-59H2,1-3H3/b10-7-,12-9-,19-16-,21-18-,28-25-,30-27-,33-32-,34-29-,40-37-,42-39-. The number of allylic oxidation sites excluding steroid dienone is 20. The maximum Gasteiger partial charge on any atom is 0.306 e. The molecule has 1 atom stereocenters. The van der Waals surface area contributed by atoms with Crippen LogP contribution in [0.2, 0.25) is 0 Å². The fourth-order valence-electron chi connectivity index (χ4n) is 7.30. The van der Waals surface area contributed by atoms with E-state index in [0.717, 1.165) is 135 Å². The van der Waals surface area contributed by atoms with Gasteiger partial charge in [-0.1, -0.05) is 219 Å². The molecule has 0 aromatic rings. The lowest BCUT2D eigenvalue weighted by Gasteiger charge is -2.18. The summed E-state index contributed by atoms with van der Waals surface area (Å²) in [4.78, 5) is 38.1. The highest BCUT2D eigenvalue weighted by molar-refractivity contribution is 5.71. The molecule has 0 bridgehead atoms. The lowest BCUT2D eigenvalue weighted by molar-refractivity contribution is -0.167. The van der Waals surface area contributed by atoms with Crippen LogP contribution in [0.3, 0.4) is 0 Å². The van der Waals surface area contributed by atoms with Gasteiger partial charge in [-0.2, -0.15) is 0 Å². The molecule has 0 radical (unpaired) electrons. The fourth-order valence-corrected chi connectivity index (χ4v) is 7.30. The number of carbonyl (C=O) groups is 3. The number of rotatable bonds is 49. The minimum Gasteiger partial charge on any atom is -0.462 e. The molecule has 69 heavy (non-hydrogen) atoms. The molecular weight excluding hydrogens is 853 g/mol. The first-order chi connectivity index (χ1) is 34.0. The number of unbranched alkanes of at least 4 members (excludes halogenated alkanes) is 19. The fraction of sp³-hybridized carbons (Fsp3) is 0.635. The van der Waals surface area contributed by atoms with Gasteiger partial charge in [0.05, 0.1) is 0 Å². The molecule has 0 aliphatic rings. The van der Waals surface area contributed by atoms with Crippen LogP contribution in [-0.4, -0.2) is 37.2 Å². The van der Waals surface area contributed by atoms with Crippen molar-refractivity contribution in [1.82, 2.24) is 0 Å². The summed E-state index contributed by atoms with van der Waals surface area (Å²) in [6.07, 6.45) is 77.6. The second kappa shape index (κ2) is 56.4. The van der Waals surface area contributed by atoms with E-state index in [1.165, 1.54) is 57.8 Å². The van der Waals surface area contributed by atoms with Crippen molar-refractivity contribution in [2.45, 2.75) is 245 Å². The van der Waals surface area contributed by atoms with E-state index in [1.807, 2.05) is 0 Å². The molecule has 1 unspecified atom stereocenters. The van der Waals surface area contributed by atoms with E-state index in [2.05, 4.69) is 142 Å². The van der Waals surface area contributed by atoms with Crippen molar-refractivity contribution < 1.29 is 28.6 Å². The zero-order chi connectivity index (χ0) is 50.0. The molecule has 0 N–H and O–H groups in total. The van der Waals surface area contributed by atoms with Gasteiger partial charge in [-0.15, -0.1) is 0 Å². The third-order valence-corrected chi connectivity index (χ3v) is 11.5. The molecule has 0 heterocycles. The van der Waals surface area contributed by atoms with E-state index >= 15 is 0 Å². The van der Waals surface area contributed by atoms with Gasteiger partial charge in [-0.05, 0) is 122 Å². The van der Waals surface area contributed by atoms with Crippen LogP contribution in [0.4, 0.5) is 0 Å². The zero-order valence-electron chi connectivity index (χ0n) is 44.5. The van der Waals surface area contributed by atoms with Crippen LogP contribution in [0.15, 0.2) is 122 Å². The van der Waals surface area contributed by atoms with Gasteiger partial charge in [0.1, 0.15) is 13.2 Å². The highest BCUT2D eigenvalue weighted by atomic mass is 16.6. The molecule has 0 spiro atoms. The van der Waals surface area contributed by atoms with E-state index in [-0.39, 0.29) is 37.5 Å². The molecule has 0 aromatic heterocycles. The smallest absolute Gasteiger partial charge is 0.306 e. The predicted molar refractivity (Wildman–Crippen MR) is 297 cm³/mol. The van der Waals surface area contributed by atoms with E-state index < -0.39 is 6.10 Å². The van der Waals surface area contributed by atoms with Crippen molar-refractivity contribution >= 4 is 17.9 Å². The molecule has 0 aliphatic carbocycles. The maximum atomic E-state index is 12.8. The Labute approximate surface area is 424 Å². The van der Waals surface area contributed by atoms with E-state index in [4.69, 9.17) is 14.2 Å². The van der Waals surface area contributed by atoms with Crippen LogP contribution < -0.4 is 0 Å². The number of esters is 3. The second-order valence-electron chi connectivity index (χ2n) is 18.1. The molecule has 6 heteroatoms. The van der Waals surface area contributed by atoms with Crippen LogP contribution in [0.1, 0.15) is 239 Å². The molecule has 0 amide bonds. The van der Waals surface area contributed by atoms with Crippen molar-refractivity contribution in [3.63, 3.8) is 0 Å². The summed E-state index contributed by atoms with van der Waals surface area (Å²) in [7, 11) is 0. The molecule has 0 aromatic carbocycles. The third-order valence-electron chi connectivity index (χ3n) is 11.5. The van der Waals surface area contributed by atoms with Gasteiger partial charge in [0.25, 0.3) is 0 Å². The highest BCUT2D eigenvalue weighted by Gasteiger charge is 2.19. The lowest BCUT2D eigenvalue weighted by atomic mass is 10.1. The Morgan fingerprint density at radius 2 is 0.609 bits per heavy atom. The molecule has 390 valence electrons. The second-order valence-corrected chi connectivity index (χ2v) is 18.1. The summed E-state index contributed by atoms with van der Waals surface area (Å²) < 4.78 is 16.8. The third kappa shape index (κ3) is 54.6. The van der Waals surface area contributed by atoms with E-state index in [0.29, 0.717) is 19.3 Å². The summed E-state index contributed by atoms with van der Waals surface area (Å²) >= 11 is 0. The molecule has 0 saturated heterocycles. The first-order valence-electron chi connectivity index (χ1n) is 28.1. The van der Waals surface area contributed by atoms with Crippen molar-refractivity contribution in [2.24, 2.45) is 0 Å². The predicted octanol–water partition coefficient (Wildman–Crippen LogP) is 18.9. The first-order valence-corrected chi connectivity index (χ1v) is 28.1. The van der Waals surface area contributed by atoms with Gasteiger partial charge in [0.2, 0.25) is 0 Å². The Morgan fingerprint density at radius 1 is 0.319 bits per heavy atom. The van der Waals surface area contributed by atoms with Crippen LogP contribution in [-0.2, 0) is 28.6 Å². The number of ether oxygens (including phenoxy) is 3. The molecule has 0 fully saturated rings. The molecule has 6 nitrogen and oxygen atoms in total. The first kappa shape index (κ1) is 64.8. The van der Waals surface area contributed by atoms with Crippen LogP contribution in [0.5, 0.6) is 0 Å². The van der Waals surface area contributed by atoms with Crippen LogP contribution in [0, 0.1) is 0 Å². The summed E-state index contributed by atoms with van der Waals surface area (Å²) in [6, 6.07) is 0. The Bertz CT molecular complexity index is 1470. The monoisotopic (exact) mass is 955 g/mol. The topological polar surface area (TPSA) is 78.9 Å². The van der Waals surface area contributed by atoms with Gasteiger partial charge >= 0.3 is 17.9 Å². The Kier molecular flexibility index (Phi) is 53.0. The lowest BCUT2D eigenvalue weighted by Crippen LogP contribution is -2.30. The number of carbonyl (C=O) groups excluding carboxylic acids is 3. The number of hydrogen-bond donors (Lipinski definition) is 0. The average molecular weight is 956 g/mol. The molecule has 0 aliphatic heterocycles. The molecular formula is C63H102O6. The van der Waals surface area contributed by atoms with E-state index in [9.17, 15) is 14.4 Å². The Balaban J connectivity index is 4.52. The minimum atomic E-state index is -0.816. The van der Waals surface area contributed by atoms with E-state index in [1.54, 1.807) is 0 Å². The van der Waals surface area contributed by atoms with Crippen molar-refractivity contribution in [3.05, 3.63) is 122 Å². The average Bonchev–Trinajstić information content (AvgIpc) is 3.35. The van der Waals surface area contributed by atoms with Gasteiger partial charge < -0.3 is 14.2 Å². The summed E-state index contributed by atoms with van der Waals surface area (Å²) in [5.74, 6) is -0.985. The quantitative estimate of drug-likeness (QED) is 0.0199.